The van der Waals surface area contributed by atoms with E-state index in [0.29, 0.717) is 11.6 Å². The lowest BCUT2D eigenvalue weighted by Gasteiger charge is -2.12. The molecule has 0 saturated heterocycles. The third kappa shape index (κ3) is 5.22. The number of rotatable bonds is 7. The van der Waals surface area contributed by atoms with Gasteiger partial charge in [-0.1, -0.05) is 26.0 Å². The monoisotopic (exact) mass is 420 g/mol. The summed E-state index contributed by atoms with van der Waals surface area (Å²) in [5.74, 6) is -0.628. The van der Waals surface area contributed by atoms with Gasteiger partial charge in [0, 0.05) is 23.0 Å². The van der Waals surface area contributed by atoms with Crippen LogP contribution < -0.4 is 5.32 Å². The quantitative estimate of drug-likeness (QED) is 0.383. The van der Waals surface area contributed by atoms with Crippen molar-refractivity contribution in [3.05, 3.63) is 77.9 Å². The highest BCUT2D eigenvalue weighted by Gasteiger charge is 2.19. The van der Waals surface area contributed by atoms with Gasteiger partial charge in [-0.05, 0) is 49.9 Å². The van der Waals surface area contributed by atoms with Gasteiger partial charge in [-0.2, -0.15) is 0 Å². The summed E-state index contributed by atoms with van der Waals surface area (Å²) in [5.41, 5.74) is 2.07. The summed E-state index contributed by atoms with van der Waals surface area (Å²) in [4.78, 5) is 12.4. The van der Waals surface area contributed by atoms with Gasteiger partial charge in [0.05, 0.1) is 11.9 Å². The molecule has 0 atom stereocenters. The predicted octanol–water partition coefficient (Wildman–Crippen LogP) is 5.85. The third-order valence-electron chi connectivity index (χ3n) is 4.42. The van der Waals surface area contributed by atoms with Gasteiger partial charge >= 0.3 is 0 Å². The summed E-state index contributed by atoms with van der Waals surface area (Å²) in [6.45, 7) is 8.72. The Labute approximate surface area is 179 Å². The number of hydrogen-bond acceptors (Lipinski definition) is 6. The zero-order valence-corrected chi connectivity index (χ0v) is 17.5. The van der Waals surface area contributed by atoms with Crippen LogP contribution in [-0.2, 0) is 0 Å². The fraction of sp³-hybridized carbons (Fsp3) is 0.174. The van der Waals surface area contributed by atoms with Crippen molar-refractivity contribution in [3.8, 4) is 11.3 Å². The number of aromatic nitrogens is 4. The van der Waals surface area contributed by atoms with Crippen LogP contribution in [0.5, 0.6) is 0 Å². The third-order valence-corrected chi connectivity index (χ3v) is 4.42. The van der Waals surface area contributed by atoms with E-state index in [9.17, 15) is 8.78 Å². The van der Waals surface area contributed by atoms with E-state index in [2.05, 4.69) is 51.0 Å². The van der Waals surface area contributed by atoms with Crippen LogP contribution in [0.2, 0.25) is 0 Å². The number of nitrogens with zero attached hydrogens (tertiary/aromatic N) is 5. The van der Waals surface area contributed by atoms with Gasteiger partial charge in [-0.15, -0.1) is 10.2 Å². The van der Waals surface area contributed by atoms with Gasteiger partial charge in [-0.3, -0.25) is 9.98 Å². The molecule has 1 N–H and O–H groups in total. The lowest BCUT2D eigenvalue weighted by molar-refractivity contribution is 0.630. The first kappa shape index (κ1) is 21.9. The molecule has 0 amide bonds. The predicted molar refractivity (Wildman–Crippen MR) is 119 cm³/mol. The minimum Gasteiger partial charge on any atom is -0.321 e. The van der Waals surface area contributed by atoms with Crippen molar-refractivity contribution in [1.29, 1.82) is 0 Å². The second-order valence-corrected chi connectivity index (χ2v) is 7.01. The number of aliphatic imine (C=N–C) groups is 1. The van der Waals surface area contributed by atoms with Crippen LogP contribution in [0.15, 0.2) is 65.7 Å². The van der Waals surface area contributed by atoms with Crippen LogP contribution in [0.25, 0.3) is 16.8 Å². The van der Waals surface area contributed by atoms with Crippen LogP contribution in [0.4, 0.5) is 20.4 Å². The molecule has 0 aliphatic heterocycles. The van der Waals surface area contributed by atoms with E-state index >= 15 is 0 Å². The van der Waals surface area contributed by atoms with Crippen LogP contribution >= 0.6 is 0 Å². The average Bonchev–Trinajstić information content (AvgIpc) is 2.75. The molecule has 8 heteroatoms. The SMILES string of the molecule is C=N/C=C\C(=C(/C)F)c1nnc(Nc2ccc(C(C)C)nc2)nc1-c1ccccc1F. The Morgan fingerprint density at radius 3 is 2.55 bits per heavy atom. The van der Waals surface area contributed by atoms with Crippen molar-refractivity contribution in [1.82, 2.24) is 20.2 Å². The molecule has 1 aromatic carbocycles. The van der Waals surface area contributed by atoms with Crippen molar-refractivity contribution in [2.45, 2.75) is 26.7 Å². The van der Waals surface area contributed by atoms with E-state index in [4.69, 9.17) is 0 Å². The molecule has 0 spiro atoms. The van der Waals surface area contributed by atoms with Crippen molar-refractivity contribution >= 4 is 23.9 Å². The molecule has 0 aliphatic rings. The van der Waals surface area contributed by atoms with Crippen molar-refractivity contribution in [2.24, 2.45) is 4.99 Å². The fourth-order valence-corrected chi connectivity index (χ4v) is 2.84. The van der Waals surface area contributed by atoms with Crippen molar-refractivity contribution in [2.75, 3.05) is 5.32 Å². The number of anilines is 2. The Morgan fingerprint density at radius 1 is 1.16 bits per heavy atom. The van der Waals surface area contributed by atoms with Crippen molar-refractivity contribution < 1.29 is 8.78 Å². The molecule has 6 nitrogen and oxygen atoms in total. The van der Waals surface area contributed by atoms with E-state index in [-0.39, 0.29) is 28.5 Å². The molecular formula is C23H22F2N6. The Balaban J connectivity index is 2.09. The standard InChI is InChI=1S/C23H22F2N6/c1-14(2)20-10-9-16(13-27-20)28-23-29-21(18-7-5-6-8-19(18)25)22(30-31-23)17(15(3)24)11-12-26-4/h5-14H,4H2,1-3H3,(H,28,29,31)/b12-11-,17-15-. The first-order valence-electron chi connectivity index (χ1n) is 9.62. The Hall–Kier alpha value is -3.81. The Bertz CT molecular complexity index is 1130. The molecule has 31 heavy (non-hydrogen) atoms. The number of pyridine rings is 1. The van der Waals surface area contributed by atoms with Gasteiger partial charge in [0.25, 0.3) is 0 Å². The molecule has 0 bridgehead atoms. The molecule has 2 heterocycles. The largest absolute Gasteiger partial charge is 0.321 e. The molecule has 0 aliphatic carbocycles. The summed E-state index contributed by atoms with van der Waals surface area (Å²) in [5, 5.41) is 11.2. The highest BCUT2D eigenvalue weighted by molar-refractivity contribution is 5.82. The summed E-state index contributed by atoms with van der Waals surface area (Å²) >= 11 is 0. The first-order chi connectivity index (χ1) is 14.9. The minimum absolute atomic E-state index is 0.0835. The molecule has 0 fully saturated rings. The van der Waals surface area contributed by atoms with Gasteiger partial charge in [0.15, 0.2) is 0 Å². The van der Waals surface area contributed by atoms with Gasteiger partial charge in [0.2, 0.25) is 5.95 Å². The van der Waals surface area contributed by atoms with Gasteiger partial charge in [0.1, 0.15) is 23.0 Å². The van der Waals surface area contributed by atoms with Gasteiger partial charge in [-0.25, -0.2) is 13.8 Å². The molecule has 3 aromatic rings. The second-order valence-electron chi connectivity index (χ2n) is 7.01. The maximum Gasteiger partial charge on any atom is 0.247 e. The maximum atomic E-state index is 14.6. The minimum atomic E-state index is -0.539. The van der Waals surface area contributed by atoms with E-state index in [1.165, 1.54) is 25.3 Å². The average molecular weight is 420 g/mol. The first-order valence-corrected chi connectivity index (χ1v) is 9.62. The fourth-order valence-electron chi connectivity index (χ4n) is 2.84. The van der Waals surface area contributed by atoms with Crippen LogP contribution in [-0.4, -0.2) is 26.9 Å². The van der Waals surface area contributed by atoms with Crippen LogP contribution in [0.1, 0.15) is 38.1 Å². The number of allylic oxidation sites excluding steroid dienone is 3. The van der Waals surface area contributed by atoms with Gasteiger partial charge < -0.3 is 5.32 Å². The number of halogens is 2. The zero-order valence-electron chi connectivity index (χ0n) is 17.5. The molecule has 158 valence electrons. The summed E-state index contributed by atoms with van der Waals surface area (Å²) in [7, 11) is 0. The highest BCUT2D eigenvalue weighted by atomic mass is 19.1. The summed E-state index contributed by atoms with van der Waals surface area (Å²) in [6, 6.07) is 9.82. The van der Waals surface area contributed by atoms with Crippen LogP contribution in [0, 0.1) is 5.82 Å². The summed E-state index contributed by atoms with van der Waals surface area (Å²) in [6.07, 6.45) is 4.37. The maximum absolute atomic E-state index is 14.6. The molecule has 0 saturated carbocycles. The van der Waals surface area contributed by atoms with E-state index in [1.54, 1.807) is 24.4 Å². The molecule has 0 radical (unpaired) electrons. The summed E-state index contributed by atoms with van der Waals surface area (Å²) < 4.78 is 28.9. The second kappa shape index (κ2) is 9.80. The molecule has 3 rings (SSSR count). The Morgan fingerprint density at radius 2 is 1.94 bits per heavy atom. The normalized spacial score (nSPS) is 12.2. The number of nitrogens with one attached hydrogen (secondary N) is 1. The highest BCUT2D eigenvalue weighted by Crippen LogP contribution is 2.31. The smallest absolute Gasteiger partial charge is 0.247 e. The van der Waals surface area contributed by atoms with Crippen molar-refractivity contribution in [3.63, 3.8) is 0 Å². The number of benzene rings is 1. The van der Waals surface area contributed by atoms with E-state index in [1.807, 2.05) is 12.1 Å². The Kier molecular flexibility index (Phi) is 6.92. The zero-order chi connectivity index (χ0) is 22.4. The lowest BCUT2D eigenvalue weighted by Crippen LogP contribution is -2.06. The van der Waals surface area contributed by atoms with E-state index in [0.717, 1.165) is 5.69 Å². The van der Waals surface area contributed by atoms with Crippen LogP contribution in [0.3, 0.4) is 0 Å². The topological polar surface area (TPSA) is 76.0 Å². The van der Waals surface area contributed by atoms with E-state index < -0.39 is 11.6 Å². The molecule has 0 unspecified atom stereocenters. The molecular weight excluding hydrogens is 398 g/mol. The number of hydrogen-bond donors (Lipinski definition) is 1. The lowest BCUT2D eigenvalue weighted by atomic mass is 10.0. The molecule has 2 aromatic heterocycles.